The summed E-state index contributed by atoms with van der Waals surface area (Å²) < 4.78 is 0. The minimum atomic E-state index is -1.22. The predicted molar refractivity (Wildman–Crippen MR) is 205 cm³/mol. The summed E-state index contributed by atoms with van der Waals surface area (Å²) in [7, 11) is 0. The number of carboxylic acids is 1. The number of benzene rings is 5. The van der Waals surface area contributed by atoms with Gasteiger partial charge in [0.25, 0.3) is 0 Å². The molecular weight excluding hydrogens is 613 g/mol. The monoisotopic (exact) mass is 654 g/mol. The standard InChI is InChI=1S/C46H42N2O2/c1-45-27-11-3-4-12-28-46(45,2)48(43-26-23-38(31-42(43)45)35-21-17-33(18-22-35)29-39(32-47)44(49)50)40-24-19-34(20-25-40)30-41(36-13-7-5-8-14-36)37-15-9-6-10-16-37/h5-10,13-26,29-31H,3-4,11-12,27-28H2,1-2H3,(H,49,50)/b39-29+. The molecule has 1 aliphatic carbocycles. The van der Waals surface area contributed by atoms with E-state index in [9.17, 15) is 15.2 Å². The van der Waals surface area contributed by atoms with E-state index >= 15 is 0 Å². The molecule has 1 saturated carbocycles. The van der Waals surface area contributed by atoms with Crippen molar-refractivity contribution in [3.05, 3.63) is 161 Å². The van der Waals surface area contributed by atoms with Crippen LogP contribution >= 0.6 is 0 Å². The Morgan fingerprint density at radius 2 is 1.26 bits per heavy atom. The van der Waals surface area contributed by atoms with Crippen molar-refractivity contribution >= 4 is 35.1 Å². The summed E-state index contributed by atoms with van der Waals surface area (Å²) in [5.74, 6) is -1.22. The fraction of sp³-hybridized carbons (Fsp3) is 0.217. The lowest BCUT2D eigenvalue weighted by molar-refractivity contribution is -0.132. The van der Waals surface area contributed by atoms with Gasteiger partial charge >= 0.3 is 5.97 Å². The molecule has 0 saturated heterocycles. The Morgan fingerprint density at radius 1 is 0.700 bits per heavy atom. The Hall–Kier alpha value is -5.66. The number of nitriles is 1. The van der Waals surface area contributed by atoms with Gasteiger partial charge in [-0.15, -0.1) is 0 Å². The van der Waals surface area contributed by atoms with Gasteiger partial charge in [-0.05, 0) is 101 Å². The minimum absolute atomic E-state index is 0.0447. The van der Waals surface area contributed by atoms with Gasteiger partial charge in [-0.25, -0.2) is 4.79 Å². The molecule has 0 aromatic heterocycles. The second kappa shape index (κ2) is 13.7. The number of carbonyl (C=O) groups is 1. The van der Waals surface area contributed by atoms with Crippen LogP contribution in [0.2, 0.25) is 0 Å². The minimum Gasteiger partial charge on any atom is -0.477 e. The molecule has 0 spiro atoms. The lowest BCUT2D eigenvalue weighted by Crippen LogP contribution is -2.53. The van der Waals surface area contributed by atoms with Crippen molar-refractivity contribution < 1.29 is 9.90 Å². The molecule has 50 heavy (non-hydrogen) atoms. The quantitative estimate of drug-likeness (QED) is 0.108. The van der Waals surface area contributed by atoms with Crippen LogP contribution in [0, 0.1) is 11.3 Å². The summed E-state index contributed by atoms with van der Waals surface area (Å²) in [6.07, 6.45) is 10.9. The van der Waals surface area contributed by atoms with Gasteiger partial charge in [0.15, 0.2) is 0 Å². The number of hydrogen-bond acceptors (Lipinski definition) is 3. The van der Waals surface area contributed by atoms with Gasteiger partial charge in [-0.2, -0.15) is 5.26 Å². The predicted octanol–water partition coefficient (Wildman–Crippen LogP) is 11.5. The SMILES string of the molecule is CC12CCCCCCC1(C)N(c1ccc(C=C(c3ccccc3)c3ccccc3)cc1)c1ccc(-c3ccc(/C=C(\C#N)C(=O)O)cc3)cc12. The zero-order valence-corrected chi connectivity index (χ0v) is 28.8. The van der Waals surface area contributed by atoms with E-state index in [0.29, 0.717) is 5.56 Å². The van der Waals surface area contributed by atoms with Gasteiger partial charge < -0.3 is 10.0 Å². The molecule has 5 aromatic rings. The number of hydrogen-bond donors (Lipinski definition) is 1. The van der Waals surface area contributed by atoms with Gasteiger partial charge in [0.05, 0.1) is 5.54 Å². The first-order valence-electron chi connectivity index (χ1n) is 17.6. The van der Waals surface area contributed by atoms with Crippen LogP contribution in [0.3, 0.4) is 0 Å². The van der Waals surface area contributed by atoms with Crippen molar-refractivity contribution in [2.24, 2.45) is 0 Å². The average Bonchev–Trinajstić information content (AvgIpc) is 3.32. The smallest absolute Gasteiger partial charge is 0.346 e. The summed E-state index contributed by atoms with van der Waals surface area (Å²) in [5, 5.41) is 18.5. The van der Waals surface area contributed by atoms with Crippen LogP contribution in [0.25, 0.3) is 28.9 Å². The van der Waals surface area contributed by atoms with E-state index in [-0.39, 0.29) is 16.5 Å². The van der Waals surface area contributed by atoms with Crippen molar-refractivity contribution in [2.45, 2.75) is 63.3 Å². The molecule has 248 valence electrons. The molecule has 2 aliphatic rings. The number of anilines is 2. The third-order valence-electron chi connectivity index (χ3n) is 11.1. The Bertz CT molecular complexity index is 2070. The number of carboxylic acid groups (broad SMARTS) is 1. The van der Waals surface area contributed by atoms with Crippen LogP contribution in [0.5, 0.6) is 0 Å². The third-order valence-corrected chi connectivity index (χ3v) is 11.1. The second-order valence-electron chi connectivity index (χ2n) is 14.1. The first-order chi connectivity index (χ1) is 24.3. The fourth-order valence-electron chi connectivity index (χ4n) is 8.21. The molecule has 1 aliphatic heterocycles. The first kappa shape index (κ1) is 32.9. The molecule has 0 amide bonds. The van der Waals surface area contributed by atoms with Gasteiger partial charge in [-0.1, -0.05) is 136 Å². The number of nitrogens with zero attached hydrogens (tertiary/aromatic N) is 2. The second-order valence-corrected chi connectivity index (χ2v) is 14.1. The van der Waals surface area contributed by atoms with Crippen molar-refractivity contribution in [1.29, 1.82) is 5.26 Å². The van der Waals surface area contributed by atoms with Gasteiger partial charge in [0.2, 0.25) is 0 Å². The molecule has 7 rings (SSSR count). The molecule has 1 fully saturated rings. The Morgan fingerprint density at radius 3 is 1.86 bits per heavy atom. The van der Waals surface area contributed by atoms with Crippen molar-refractivity contribution in [1.82, 2.24) is 0 Å². The van der Waals surface area contributed by atoms with Crippen molar-refractivity contribution in [2.75, 3.05) is 4.90 Å². The molecule has 4 nitrogen and oxygen atoms in total. The Labute approximate surface area is 295 Å². The van der Waals surface area contributed by atoms with E-state index in [2.05, 4.69) is 128 Å². The fourth-order valence-corrected chi connectivity index (χ4v) is 8.21. The zero-order valence-electron chi connectivity index (χ0n) is 28.8. The van der Waals surface area contributed by atoms with Gasteiger partial charge in [0.1, 0.15) is 11.6 Å². The molecular formula is C46H42N2O2. The van der Waals surface area contributed by atoms with E-state index in [1.165, 1.54) is 71.0 Å². The molecule has 0 bridgehead atoms. The maximum atomic E-state index is 11.3. The summed E-state index contributed by atoms with van der Waals surface area (Å²) in [5.41, 5.74) is 11.1. The maximum Gasteiger partial charge on any atom is 0.346 e. The van der Waals surface area contributed by atoms with E-state index < -0.39 is 5.97 Å². The summed E-state index contributed by atoms with van der Waals surface area (Å²) in [6, 6.07) is 46.8. The molecule has 5 aromatic carbocycles. The van der Waals surface area contributed by atoms with Crippen LogP contribution in [-0.2, 0) is 10.2 Å². The van der Waals surface area contributed by atoms with Crippen LogP contribution < -0.4 is 4.90 Å². The highest BCUT2D eigenvalue weighted by molar-refractivity contribution is 5.96. The van der Waals surface area contributed by atoms with Crippen LogP contribution in [-0.4, -0.2) is 16.6 Å². The summed E-state index contributed by atoms with van der Waals surface area (Å²) in [6.45, 7) is 4.96. The molecule has 2 atom stereocenters. The number of fused-ring (bicyclic) bond motifs is 3. The maximum absolute atomic E-state index is 11.3. The van der Waals surface area contributed by atoms with E-state index in [4.69, 9.17) is 0 Å². The van der Waals surface area contributed by atoms with Gasteiger partial charge in [0, 0.05) is 16.8 Å². The number of rotatable bonds is 7. The summed E-state index contributed by atoms with van der Waals surface area (Å²) in [4.78, 5) is 14.0. The highest BCUT2D eigenvalue weighted by Crippen LogP contribution is 2.60. The highest BCUT2D eigenvalue weighted by Gasteiger charge is 2.56. The van der Waals surface area contributed by atoms with E-state index in [0.717, 1.165) is 24.0 Å². The average molecular weight is 655 g/mol. The van der Waals surface area contributed by atoms with Crippen molar-refractivity contribution in [3.8, 4) is 17.2 Å². The zero-order chi connectivity index (χ0) is 34.7. The topological polar surface area (TPSA) is 64.3 Å². The lowest BCUT2D eigenvalue weighted by Gasteiger charge is -2.48. The molecule has 2 unspecified atom stereocenters. The Kier molecular flexibility index (Phi) is 9.00. The van der Waals surface area contributed by atoms with Gasteiger partial charge in [-0.3, -0.25) is 0 Å². The molecule has 4 heteroatoms. The number of aliphatic carboxylic acids is 1. The largest absolute Gasteiger partial charge is 0.477 e. The van der Waals surface area contributed by atoms with Crippen LogP contribution in [0.4, 0.5) is 11.4 Å². The van der Waals surface area contributed by atoms with Crippen molar-refractivity contribution in [3.63, 3.8) is 0 Å². The summed E-state index contributed by atoms with van der Waals surface area (Å²) >= 11 is 0. The van der Waals surface area contributed by atoms with E-state index in [1.807, 2.05) is 24.3 Å². The highest BCUT2D eigenvalue weighted by atomic mass is 16.4. The first-order valence-corrected chi connectivity index (χ1v) is 17.6. The Balaban J connectivity index is 1.28. The van der Waals surface area contributed by atoms with Crippen LogP contribution in [0.15, 0.2) is 133 Å². The molecule has 1 heterocycles. The molecule has 1 N–H and O–H groups in total. The third kappa shape index (κ3) is 6.05. The van der Waals surface area contributed by atoms with Crippen LogP contribution in [0.1, 0.15) is 80.2 Å². The normalized spacial score (nSPS) is 20.1. The van der Waals surface area contributed by atoms with E-state index in [1.54, 1.807) is 6.07 Å². The lowest BCUT2D eigenvalue weighted by atomic mass is 9.63. The molecule has 0 radical (unpaired) electrons.